The average Bonchev–Trinajstić information content (AvgIpc) is 2.53. The molecule has 21 heavy (non-hydrogen) atoms. The van der Waals surface area contributed by atoms with Crippen molar-refractivity contribution in [1.29, 1.82) is 0 Å². The summed E-state index contributed by atoms with van der Waals surface area (Å²) in [6, 6.07) is 18.1. The molecule has 2 N–H and O–H groups in total. The van der Waals surface area contributed by atoms with E-state index in [-0.39, 0.29) is 5.56 Å². The standard InChI is InChI=1S/C18H18N2O/c1-2-13-7-9-14(10-8-13)12-19-17-11-15-5-3-4-6-16(15)18(21)20-17/h3-11H,2,12H2,1H3,(H2,19,20,21). The van der Waals surface area contributed by atoms with Crippen LogP contribution in [-0.4, -0.2) is 4.98 Å². The van der Waals surface area contributed by atoms with Gasteiger partial charge >= 0.3 is 0 Å². The van der Waals surface area contributed by atoms with Gasteiger partial charge in [-0.2, -0.15) is 0 Å². The first-order valence-corrected chi connectivity index (χ1v) is 7.20. The van der Waals surface area contributed by atoms with Gasteiger partial charge in [0.2, 0.25) is 0 Å². The van der Waals surface area contributed by atoms with Gasteiger partial charge in [0.15, 0.2) is 0 Å². The first-order valence-electron chi connectivity index (χ1n) is 7.20. The smallest absolute Gasteiger partial charge is 0.257 e. The summed E-state index contributed by atoms with van der Waals surface area (Å²) in [5.74, 6) is 0.748. The fourth-order valence-corrected chi connectivity index (χ4v) is 2.40. The van der Waals surface area contributed by atoms with Gasteiger partial charge in [-0.25, -0.2) is 0 Å². The number of hydrogen-bond acceptors (Lipinski definition) is 2. The molecule has 0 saturated heterocycles. The van der Waals surface area contributed by atoms with Crippen molar-refractivity contribution < 1.29 is 0 Å². The lowest BCUT2D eigenvalue weighted by Gasteiger charge is -2.08. The van der Waals surface area contributed by atoms with E-state index in [9.17, 15) is 4.79 Å². The van der Waals surface area contributed by atoms with E-state index < -0.39 is 0 Å². The van der Waals surface area contributed by atoms with Crippen LogP contribution in [-0.2, 0) is 13.0 Å². The maximum Gasteiger partial charge on any atom is 0.257 e. The Morgan fingerprint density at radius 3 is 2.48 bits per heavy atom. The van der Waals surface area contributed by atoms with E-state index in [1.54, 1.807) is 0 Å². The van der Waals surface area contributed by atoms with Crippen molar-refractivity contribution in [3.05, 3.63) is 76.1 Å². The molecule has 0 aliphatic carbocycles. The minimum Gasteiger partial charge on any atom is -0.367 e. The molecule has 0 amide bonds. The number of aromatic nitrogens is 1. The third kappa shape index (κ3) is 2.97. The molecular formula is C18H18N2O. The molecule has 0 spiro atoms. The third-order valence-corrected chi connectivity index (χ3v) is 3.67. The third-order valence-electron chi connectivity index (χ3n) is 3.67. The lowest BCUT2D eigenvalue weighted by Crippen LogP contribution is -2.10. The van der Waals surface area contributed by atoms with Gasteiger partial charge in [0.1, 0.15) is 5.82 Å². The molecule has 0 unspecified atom stereocenters. The van der Waals surface area contributed by atoms with E-state index in [0.717, 1.165) is 23.0 Å². The highest BCUT2D eigenvalue weighted by Gasteiger charge is 2.01. The normalized spacial score (nSPS) is 10.7. The number of nitrogens with one attached hydrogen (secondary N) is 2. The monoisotopic (exact) mass is 278 g/mol. The molecule has 0 radical (unpaired) electrons. The van der Waals surface area contributed by atoms with E-state index in [1.165, 1.54) is 11.1 Å². The van der Waals surface area contributed by atoms with Gasteiger partial charge in [0.05, 0.1) is 0 Å². The molecule has 3 heteroatoms. The molecule has 0 atom stereocenters. The molecule has 1 heterocycles. The van der Waals surface area contributed by atoms with Crippen molar-refractivity contribution in [3.63, 3.8) is 0 Å². The zero-order chi connectivity index (χ0) is 14.7. The lowest BCUT2D eigenvalue weighted by atomic mass is 10.1. The van der Waals surface area contributed by atoms with E-state index >= 15 is 0 Å². The van der Waals surface area contributed by atoms with Crippen molar-refractivity contribution in [2.24, 2.45) is 0 Å². The summed E-state index contributed by atoms with van der Waals surface area (Å²) in [5, 5.41) is 4.94. The minimum absolute atomic E-state index is 0.0584. The summed E-state index contributed by atoms with van der Waals surface area (Å²) in [6.45, 7) is 2.84. The number of pyridine rings is 1. The molecule has 0 aliphatic heterocycles. The van der Waals surface area contributed by atoms with E-state index in [2.05, 4.69) is 41.5 Å². The Kier molecular flexibility index (Phi) is 3.73. The topological polar surface area (TPSA) is 44.9 Å². The van der Waals surface area contributed by atoms with Crippen molar-refractivity contribution in [3.8, 4) is 0 Å². The Morgan fingerprint density at radius 2 is 1.71 bits per heavy atom. The first-order chi connectivity index (χ1) is 10.3. The van der Waals surface area contributed by atoms with Crippen LogP contribution in [0.2, 0.25) is 0 Å². The van der Waals surface area contributed by atoms with Crippen LogP contribution in [0, 0.1) is 0 Å². The zero-order valence-corrected chi connectivity index (χ0v) is 12.0. The van der Waals surface area contributed by atoms with Crippen LogP contribution in [0.1, 0.15) is 18.1 Å². The average molecular weight is 278 g/mol. The van der Waals surface area contributed by atoms with Crippen LogP contribution in [0.15, 0.2) is 59.4 Å². The first kappa shape index (κ1) is 13.4. The fourth-order valence-electron chi connectivity index (χ4n) is 2.40. The van der Waals surface area contributed by atoms with Gasteiger partial charge < -0.3 is 10.3 Å². The number of rotatable bonds is 4. The number of aryl methyl sites for hydroxylation is 1. The number of benzene rings is 2. The molecule has 3 rings (SSSR count). The van der Waals surface area contributed by atoms with Gasteiger partial charge in [-0.3, -0.25) is 4.79 Å². The summed E-state index contributed by atoms with van der Waals surface area (Å²) >= 11 is 0. The number of hydrogen-bond donors (Lipinski definition) is 2. The molecular weight excluding hydrogens is 260 g/mol. The Hall–Kier alpha value is -2.55. The van der Waals surface area contributed by atoms with Crippen LogP contribution in [0.5, 0.6) is 0 Å². The maximum absolute atomic E-state index is 12.0. The van der Waals surface area contributed by atoms with Crippen molar-refractivity contribution >= 4 is 16.6 Å². The predicted molar refractivity (Wildman–Crippen MR) is 87.7 cm³/mol. The summed E-state index contributed by atoms with van der Waals surface area (Å²) in [5.41, 5.74) is 2.47. The highest BCUT2D eigenvalue weighted by atomic mass is 16.1. The number of anilines is 1. The van der Waals surface area contributed by atoms with Gasteiger partial charge in [-0.15, -0.1) is 0 Å². The van der Waals surface area contributed by atoms with Crippen LogP contribution in [0.4, 0.5) is 5.82 Å². The Bertz CT molecular complexity index is 803. The number of fused-ring (bicyclic) bond motifs is 1. The summed E-state index contributed by atoms with van der Waals surface area (Å²) in [7, 11) is 0. The Morgan fingerprint density at radius 1 is 1.00 bits per heavy atom. The second-order valence-electron chi connectivity index (χ2n) is 5.12. The summed E-state index contributed by atoms with van der Waals surface area (Å²) in [6.07, 6.45) is 1.05. The Labute approximate surface area is 123 Å². The van der Waals surface area contributed by atoms with Gasteiger partial charge in [-0.1, -0.05) is 49.4 Å². The number of H-pyrrole nitrogens is 1. The van der Waals surface area contributed by atoms with Crippen molar-refractivity contribution in [2.45, 2.75) is 19.9 Å². The largest absolute Gasteiger partial charge is 0.367 e. The minimum atomic E-state index is -0.0584. The predicted octanol–water partition coefficient (Wildman–Crippen LogP) is 3.70. The molecule has 0 aliphatic rings. The summed E-state index contributed by atoms with van der Waals surface area (Å²) in [4.78, 5) is 14.9. The fraction of sp³-hybridized carbons (Fsp3) is 0.167. The highest BCUT2D eigenvalue weighted by Crippen LogP contribution is 2.14. The lowest BCUT2D eigenvalue weighted by molar-refractivity contribution is 1.09. The highest BCUT2D eigenvalue weighted by molar-refractivity contribution is 5.83. The van der Waals surface area contributed by atoms with Crippen molar-refractivity contribution in [2.75, 3.05) is 5.32 Å². The molecule has 3 aromatic rings. The van der Waals surface area contributed by atoms with Crippen LogP contribution >= 0.6 is 0 Å². The molecule has 2 aromatic carbocycles. The van der Waals surface area contributed by atoms with Gasteiger partial charge in [0.25, 0.3) is 5.56 Å². The summed E-state index contributed by atoms with van der Waals surface area (Å²) < 4.78 is 0. The molecule has 3 nitrogen and oxygen atoms in total. The van der Waals surface area contributed by atoms with Crippen molar-refractivity contribution in [1.82, 2.24) is 4.98 Å². The van der Waals surface area contributed by atoms with E-state index in [4.69, 9.17) is 0 Å². The molecule has 0 fully saturated rings. The van der Waals surface area contributed by atoms with E-state index in [1.807, 2.05) is 30.3 Å². The van der Waals surface area contributed by atoms with Crippen LogP contribution < -0.4 is 10.9 Å². The molecule has 0 bridgehead atoms. The second-order valence-corrected chi connectivity index (χ2v) is 5.12. The molecule has 1 aromatic heterocycles. The quantitative estimate of drug-likeness (QED) is 0.764. The molecule has 0 saturated carbocycles. The van der Waals surface area contributed by atoms with Crippen LogP contribution in [0.3, 0.4) is 0 Å². The Balaban J connectivity index is 1.80. The number of aromatic amines is 1. The van der Waals surface area contributed by atoms with Crippen LogP contribution in [0.25, 0.3) is 10.8 Å². The van der Waals surface area contributed by atoms with Gasteiger partial charge in [0, 0.05) is 11.9 Å². The van der Waals surface area contributed by atoms with Gasteiger partial charge in [-0.05, 0) is 35.1 Å². The second kappa shape index (κ2) is 5.83. The zero-order valence-electron chi connectivity index (χ0n) is 12.0. The molecule has 106 valence electrons. The SMILES string of the molecule is CCc1ccc(CNc2cc3ccccc3c(=O)[nH]2)cc1. The maximum atomic E-state index is 12.0. The van der Waals surface area contributed by atoms with E-state index in [0.29, 0.717) is 6.54 Å².